The third kappa shape index (κ3) is 3.60. The summed E-state index contributed by atoms with van der Waals surface area (Å²) in [6.45, 7) is 4.25. The number of fused-ring (bicyclic) bond motifs is 1. The average Bonchev–Trinajstić information content (AvgIpc) is 3.49. The summed E-state index contributed by atoms with van der Waals surface area (Å²) in [5.41, 5.74) is 2.74. The standard InChI is InChI=1S/C23H27N5O3/c1-16-4-2-3-10-27(16)23(30)20-21-24-9-5-19(28(21)15-25-20)17-6-11-26(12-7-17)22(29)18-8-13-31-14-18/h5,8-9,13-17H,2-4,6-7,10-12H2,1H3/t16-/m0/s1. The van der Waals surface area contributed by atoms with E-state index < -0.39 is 0 Å². The molecule has 0 radical (unpaired) electrons. The predicted octanol–water partition coefficient (Wildman–Crippen LogP) is 3.36. The molecule has 2 aliphatic heterocycles. The lowest BCUT2D eigenvalue weighted by atomic mass is 9.93. The molecular formula is C23H27N5O3. The van der Waals surface area contributed by atoms with Crippen LogP contribution in [0.1, 0.15) is 71.5 Å². The maximum Gasteiger partial charge on any atom is 0.276 e. The summed E-state index contributed by atoms with van der Waals surface area (Å²) in [5.74, 6) is 0.267. The summed E-state index contributed by atoms with van der Waals surface area (Å²) < 4.78 is 7.00. The Bertz CT molecular complexity index is 1080. The molecule has 0 aliphatic carbocycles. The van der Waals surface area contributed by atoms with Crippen LogP contribution in [-0.4, -0.2) is 61.7 Å². The highest BCUT2D eigenvalue weighted by molar-refractivity contribution is 5.98. The fourth-order valence-electron chi connectivity index (χ4n) is 4.89. The van der Waals surface area contributed by atoms with Crippen molar-refractivity contribution in [1.82, 2.24) is 24.2 Å². The molecule has 0 spiro atoms. The minimum Gasteiger partial charge on any atom is -0.472 e. The molecule has 2 aliphatic rings. The summed E-state index contributed by atoms with van der Waals surface area (Å²) in [7, 11) is 0. The van der Waals surface area contributed by atoms with Gasteiger partial charge in [0.2, 0.25) is 0 Å². The van der Waals surface area contributed by atoms with E-state index in [0.29, 0.717) is 30.0 Å². The first-order valence-corrected chi connectivity index (χ1v) is 11.1. The van der Waals surface area contributed by atoms with Crippen molar-refractivity contribution < 1.29 is 14.0 Å². The minimum absolute atomic E-state index is 0.0123. The summed E-state index contributed by atoms with van der Waals surface area (Å²) in [6, 6.07) is 3.94. The van der Waals surface area contributed by atoms with E-state index in [-0.39, 0.29) is 23.8 Å². The molecule has 5 heterocycles. The van der Waals surface area contributed by atoms with Crippen LogP contribution < -0.4 is 0 Å². The number of furan rings is 1. The van der Waals surface area contributed by atoms with E-state index in [1.54, 1.807) is 18.6 Å². The zero-order valence-electron chi connectivity index (χ0n) is 17.7. The van der Waals surface area contributed by atoms with Gasteiger partial charge in [0.05, 0.1) is 11.8 Å². The summed E-state index contributed by atoms with van der Waals surface area (Å²) in [5, 5.41) is 0. The molecule has 0 aromatic carbocycles. The van der Waals surface area contributed by atoms with Crippen LogP contribution in [0.15, 0.2) is 41.6 Å². The van der Waals surface area contributed by atoms with Crippen molar-refractivity contribution in [3.05, 3.63) is 54.1 Å². The molecule has 0 saturated carbocycles. The van der Waals surface area contributed by atoms with Crippen LogP contribution in [0.4, 0.5) is 0 Å². The highest BCUT2D eigenvalue weighted by Crippen LogP contribution is 2.30. The first kappa shape index (κ1) is 19.8. The SMILES string of the molecule is C[C@H]1CCCCN1C(=O)c1ncn2c(C3CCN(C(=O)c4ccoc4)CC3)ccnc12. The number of hydrogen-bond acceptors (Lipinski definition) is 5. The van der Waals surface area contributed by atoms with Crippen LogP contribution in [0.5, 0.6) is 0 Å². The molecule has 8 nitrogen and oxygen atoms in total. The highest BCUT2D eigenvalue weighted by Gasteiger charge is 2.30. The number of aromatic nitrogens is 3. The number of amides is 2. The Balaban J connectivity index is 1.35. The maximum atomic E-state index is 13.2. The molecule has 0 unspecified atom stereocenters. The number of rotatable bonds is 3. The van der Waals surface area contributed by atoms with Crippen LogP contribution in [0.3, 0.4) is 0 Å². The third-order valence-electron chi connectivity index (χ3n) is 6.70. The van der Waals surface area contributed by atoms with Gasteiger partial charge in [-0.2, -0.15) is 0 Å². The fourth-order valence-corrected chi connectivity index (χ4v) is 4.89. The van der Waals surface area contributed by atoms with Crippen LogP contribution in [0.25, 0.3) is 5.65 Å². The lowest BCUT2D eigenvalue weighted by molar-refractivity contribution is 0.0631. The number of likely N-dealkylation sites (tertiary alicyclic amines) is 2. The van der Waals surface area contributed by atoms with Crippen molar-refractivity contribution in [2.24, 2.45) is 0 Å². The van der Waals surface area contributed by atoms with Crippen molar-refractivity contribution in [3.63, 3.8) is 0 Å². The zero-order valence-corrected chi connectivity index (χ0v) is 17.7. The quantitative estimate of drug-likeness (QED) is 0.648. The number of carbonyl (C=O) groups excluding carboxylic acids is 2. The Morgan fingerprint density at radius 3 is 2.61 bits per heavy atom. The van der Waals surface area contributed by atoms with Gasteiger partial charge in [0.25, 0.3) is 11.8 Å². The maximum absolute atomic E-state index is 13.2. The molecule has 162 valence electrons. The first-order valence-electron chi connectivity index (χ1n) is 11.1. The highest BCUT2D eigenvalue weighted by atomic mass is 16.3. The van der Waals surface area contributed by atoms with E-state index in [9.17, 15) is 9.59 Å². The van der Waals surface area contributed by atoms with E-state index >= 15 is 0 Å². The Morgan fingerprint density at radius 2 is 1.87 bits per heavy atom. The topological polar surface area (TPSA) is 84.0 Å². The number of hydrogen-bond donors (Lipinski definition) is 0. The molecule has 5 rings (SSSR count). The Labute approximate surface area is 180 Å². The zero-order chi connectivity index (χ0) is 21.4. The van der Waals surface area contributed by atoms with E-state index in [1.807, 2.05) is 20.3 Å². The van der Waals surface area contributed by atoms with Crippen molar-refractivity contribution in [1.29, 1.82) is 0 Å². The number of nitrogens with zero attached hydrogens (tertiary/aromatic N) is 5. The van der Waals surface area contributed by atoms with Crippen LogP contribution in [-0.2, 0) is 0 Å². The van der Waals surface area contributed by atoms with E-state index in [0.717, 1.165) is 37.9 Å². The normalized spacial score (nSPS) is 20.4. The van der Waals surface area contributed by atoms with Crippen molar-refractivity contribution in [3.8, 4) is 0 Å². The lowest BCUT2D eigenvalue weighted by Gasteiger charge is -2.33. The molecule has 2 fully saturated rings. The van der Waals surface area contributed by atoms with E-state index in [2.05, 4.69) is 16.9 Å². The average molecular weight is 422 g/mol. The second kappa shape index (κ2) is 8.17. The van der Waals surface area contributed by atoms with Crippen molar-refractivity contribution in [2.45, 2.75) is 51.0 Å². The second-order valence-electron chi connectivity index (χ2n) is 8.58. The van der Waals surface area contributed by atoms with E-state index in [4.69, 9.17) is 4.42 Å². The van der Waals surface area contributed by atoms with Gasteiger partial charge in [0.1, 0.15) is 12.6 Å². The second-order valence-corrected chi connectivity index (χ2v) is 8.58. The fraction of sp³-hybridized carbons (Fsp3) is 0.478. The molecule has 2 saturated heterocycles. The van der Waals surface area contributed by atoms with Gasteiger partial charge in [-0.25, -0.2) is 9.97 Å². The van der Waals surface area contributed by atoms with Crippen molar-refractivity contribution >= 4 is 17.5 Å². The monoisotopic (exact) mass is 421 g/mol. The first-order chi connectivity index (χ1) is 15.1. The molecule has 1 atom stereocenters. The molecule has 3 aromatic rings. The Kier molecular flexibility index (Phi) is 5.21. The van der Waals surface area contributed by atoms with Crippen LogP contribution >= 0.6 is 0 Å². The minimum atomic E-state index is -0.0279. The Hall–Kier alpha value is -3.16. The molecule has 0 N–H and O–H groups in total. The number of carbonyl (C=O) groups is 2. The van der Waals surface area contributed by atoms with Gasteiger partial charge < -0.3 is 14.2 Å². The molecule has 2 amide bonds. The summed E-state index contributed by atoms with van der Waals surface area (Å²) >= 11 is 0. The van der Waals surface area contributed by atoms with Crippen molar-refractivity contribution in [2.75, 3.05) is 19.6 Å². The molecule has 0 bridgehead atoms. The van der Waals surface area contributed by atoms with Gasteiger partial charge in [-0.1, -0.05) is 0 Å². The Morgan fingerprint density at radius 1 is 1.03 bits per heavy atom. The molecule has 3 aromatic heterocycles. The van der Waals surface area contributed by atoms with Gasteiger partial charge in [0, 0.05) is 43.5 Å². The smallest absolute Gasteiger partial charge is 0.276 e. The van der Waals surface area contributed by atoms with Gasteiger partial charge in [-0.3, -0.25) is 14.0 Å². The molecule has 8 heteroatoms. The largest absolute Gasteiger partial charge is 0.472 e. The van der Waals surface area contributed by atoms with Gasteiger partial charge in [-0.15, -0.1) is 0 Å². The summed E-state index contributed by atoms with van der Waals surface area (Å²) in [4.78, 5) is 38.5. The van der Waals surface area contributed by atoms with Crippen LogP contribution in [0, 0.1) is 0 Å². The molecule has 31 heavy (non-hydrogen) atoms. The lowest BCUT2D eigenvalue weighted by Crippen LogP contribution is -2.42. The molecular weight excluding hydrogens is 394 g/mol. The van der Waals surface area contributed by atoms with Crippen LogP contribution in [0.2, 0.25) is 0 Å². The summed E-state index contributed by atoms with van der Waals surface area (Å²) in [6.07, 6.45) is 11.5. The number of piperidine rings is 2. The van der Waals surface area contributed by atoms with Gasteiger partial charge >= 0.3 is 0 Å². The van der Waals surface area contributed by atoms with Gasteiger partial charge in [0.15, 0.2) is 11.3 Å². The number of imidazole rings is 1. The third-order valence-corrected chi connectivity index (χ3v) is 6.70. The van der Waals surface area contributed by atoms with E-state index in [1.165, 1.54) is 18.9 Å². The predicted molar refractivity (Wildman–Crippen MR) is 114 cm³/mol. The van der Waals surface area contributed by atoms with Gasteiger partial charge in [-0.05, 0) is 51.2 Å².